The lowest BCUT2D eigenvalue weighted by Crippen LogP contribution is -2.15. The van der Waals surface area contributed by atoms with Crippen molar-refractivity contribution in [2.24, 2.45) is 0 Å². The van der Waals surface area contributed by atoms with Crippen molar-refractivity contribution in [3.8, 4) is 11.8 Å². The summed E-state index contributed by atoms with van der Waals surface area (Å²) in [5.41, 5.74) is 1.33. The first-order valence-corrected chi connectivity index (χ1v) is 7.35. The molecule has 1 amide bonds. The third-order valence-electron chi connectivity index (χ3n) is 3.05. The van der Waals surface area contributed by atoms with Gasteiger partial charge in [0.2, 0.25) is 0 Å². The molecular formula is C17H15ClN4O2. The van der Waals surface area contributed by atoms with Gasteiger partial charge < -0.3 is 15.4 Å². The highest BCUT2D eigenvalue weighted by Gasteiger charge is 2.12. The van der Waals surface area contributed by atoms with E-state index in [1.165, 1.54) is 19.5 Å². The molecule has 2 rings (SSSR count). The Hall–Kier alpha value is -3.04. The molecule has 0 radical (unpaired) electrons. The maximum Gasteiger partial charge on any atom is 0.267 e. The van der Waals surface area contributed by atoms with Gasteiger partial charge in [-0.2, -0.15) is 5.26 Å². The van der Waals surface area contributed by atoms with Crippen LogP contribution in [0.5, 0.6) is 5.75 Å². The van der Waals surface area contributed by atoms with Gasteiger partial charge in [-0.05, 0) is 36.8 Å². The SMILES string of the molecule is COc1ccc(C)cc1NC(=O)/C(C#N)=C\Nc1cc(Cl)ccn1. The number of nitrogens with one attached hydrogen (secondary N) is 2. The van der Waals surface area contributed by atoms with Gasteiger partial charge in [-0.1, -0.05) is 17.7 Å². The zero-order valence-corrected chi connectivity index (χ0v) is 13.9. The van der Waals surface area contributed by atoms with Gasteiger partial charge in [0.15, 0.2) is 0 Å². The largest absolute Gasteiger partial charge is 0.495 e. The number of hydrogen-bond donors (Lipinski definition) is 2. The van der Waals surface area contributed by atoms with E-state index in [1.54, 1.807) is 24.3 Å². The van der Waals surface area contributed by atoms with Gasteiger partial charge in [0, 0.05) is 17.4 Å². The highest BCUT2D eigenvalue weighted by Crippen LogP contribution is 2.25. The van der Waals surface area contributed by atoms with E-state index in [2.05, 4.69) is 15.6 Å². The monoisotopic (exact) mass is 342 g/mol. The summed E-state index contributed by atoms with van der Waals surface area (Å²) in [7, 11) is 1.51. The van der Waals surface area contributed by atoms with Gasteiger partial charge in [-0.15, -0.1) is 0 Å². The first-order valence-electron chi connectivity index (χ1n) is 6.98. The third kappa shape index (κ3) is 4.48. The van der Waals surface area contributed by atoms with E-state index < -0.39 is 5.91 Å². The van der Waals surface area contributed by atoms with E-state index >= 15 is 0 Å². The van der Waals surface area contributed by atoms with Crippen LogP contribution in [0.25, 0.3) is 0 Å². The van der Waals surface area contributed by atoms with Crippen LogP contribution < -0.4 is 15.4 Å². The van der Waals surface area contributed by atoms with Crippen LogP contribution in [-0.2, 0) is 4.79 Å². The zero-order chi connectivity index (χ0) is 17.5. The molecule has 2 aromatic rings. The average molecular weight is 343 g/mol. The van der Waals surface area contributed by atoms with Gasteiger partial charge in [0.25, 0.3) is 5.91 Å². The second kappa shape index (κ2) is 7.99. The molecule has 1 heterocycles. The summed E-state index contributed by atoms with van der Waals surface area (Å²) in [6.45, 7) is 1.89. The van der Waals surface area contributed by atoms with Crippen molar-refractivity contribution in [2.75, 3.05) is 17.7 Å². The van der Waals surface area contributed by atoms with Gasteiger partial charge in [0.05, 0.1) is 12.8 Å². The second-order valence-electron chi connectivity index (χ2n) is 4.83. The smallest absolute Gasteiger partial charge is 0.267 e. The summed E-state index contributed by atoms with van der Waals surface area (Å²) < 4.78 is 5.20. The molecule has 0 atom stereocenters. The number of nitriles is 1. The van der Waals surface area contributed by atoms with Crippen LogP contribution in [-0.4, -0.2) is 18.0 Å². The molecule has 0 aliphatic heterocycles. The predicted octanol–water partition coefficient (Wildman–Crippen LogP) is 3.51. The fraction of sp³-hybridized carbons (Fsp3) is 0.118. The highest BCUT2D eigenvalue weighted by atomic mass is 35.5. The maximum atomic E-state index is 12.3. The molecular weight excluding hydrogens is 328 g/mol. The molecule has 0 unspecified atom stereocenters. The number of carbonyl (C=O) groups excluding carboxylic acids is 1. The molecule has 2 N–H and O–H groups in total. The summed E-state index contributed by atoms with van der Waals surface area (Å²) in [5, 5.41) is 15.1. The molecule has 1 aromatic carbocycles. The van der Waals surface area contributed by atoms with Gasteiger partial charge in [0.1, 0.15) is 23.2 Å². The first kappa shape index (κ1) is 17.3. The van der Waals surface area contributed by atoms with Crippen molar-refractivity contribution in [1.29, 1.82) is 5.26 Å². The standard InChI is InChI=1S/C17H15ClN4O2/c1-11-3-4-15(24-2)14(7-11)22-17(23)12(9-19)10-21-16-8-13(18)5-6-20-16/h3-8,10H,1-2H3,(H,20,21)(H,22,23)/b12-10-. The number of carbonyl (C=O) groups is 1. The topological polar surface area (TPSA) is 87.0 Å². The molecule has 6 nitrogen and oxygen atoms in total. The summed E-state index contributed by atoms with van der Waals surface area (Å²) in [5.74, 6) is 0.378. The molecule has 24 heavy (non-hydrogen) atoms. The Morgan fingerprint density at radius 3 is 2.83 bits per heavy atom. The number of halogens is 1. The van der Waals surface area contributed by atoms with Crippen molar-refractivity contribution in [3.63, 3.8) is 0 Å². The van der Waals surface area contributed by atoms with Crippen molar-refractivity contribution >= 4 is 29.0 Å². The number of hydrogen-bond acceptors (Lipinski definition) is 5. The number of methoxy groups -OCH3 is 1. The summed E-state index contributed by atoms with van der Waals surface area (Å²) in [6.07, 6.45) is 2.79. The van der Waals surface area contributed by atoms with Crippen molar-refractivity contribution in [2.45, 2.75) is 6.92 Å². The van der Waals surface area contributed by atoms with Gasteiger partial charge in [-0.3, -0.25) is 4.79 Å². The van der Waals surface area contributed by atoms with E-state index in [9.17, 15) is 10.1 Å². The van der Waals surface area contributed by atoms with Crippen LogP contribution in [0.3, 0.4) is 0 Å². The van der Waals surface area contributed by atoms with Gasteiger partial charge in [-0.25, -0.2) is 4.98 Å². The molecule has 0 saturated carbocycles. The molecule has 0 saturated heterocycles. The van der Waals surface area contributed by atoms with E-state index in [1.807, 2.05) is 19.1 Å². The number of anilines is 2. The fourth-order valence-electron chi connectivity index (χ4n) is 1.89. The Labute approximate surface area is 144 Å². The molecule has 0 spiro atoms. The van der Waals surface area contributed by atoms with Crippen LogP contribution in [0.1, 0.15) is 5.56 Å². The normalized spacial score (nSPS) is 10.7. The summed E-state index contributed by atoms with van der Waals surface area (Å²) >= 11 is 5.85. The Balaban J connectivity index is 2.16. The molecule has 0 fully saturated rings. The van der Waals surface area contributed by atoms with Crippen molar-refractivity contribution in [3.05, 3.63) is 58.9 Å². The molecule has 0 aliphatic carbocycles. The average Bonchev–Trinajstić information content (AvgIpc) is 2.55. The number of rotatable bonds is 5. The van der Waals surface area contributed by atoms with E-state index in [0.717, 1.165) is 5.56 Å². The first-order chi connectivity index (χ1) is 11.5. The van der Waals surface area contributed by atoms with Crippen molar-refractivity contribution < 1.29 is 9.53 Å². The Morgan fingerprint density at radius 1 is 1.38 bits per heavy atom. The minimum Gasteiger partial charge on any atom is -0.495 e. The number of ether oxygens (including phenoxy) is 1. The Bertz CT molecular complexity index is 828. The molecule has 7 heteroatoms. The predicted molar refractivity (Wildman–Crippen MR) is 92.9 cm³/mol. The summed E-state index contributed by atoms with van der Waals surface area (Å²) in [4.78, 5) is 16.3. The van der Waals surface area contributed by atoms with Crippen LogP contribution in [0, 0.1) is 18.3 Å². The van der Waals surface area contributed by atoms with E-state index in [-0.39, 0.29) is 5.57 Å². The zero-order valence-electron chi connectivity index (χ0n) is 13.1. The molecule has 0 aliphatic rings. The molecule has 1 aromatic heterocycles. The minimum atomic E-state index is -0.559. The lowest BCUT2D eigenvalue weighted by atomic mass is 10.2. The summed E-state index contributed by atoms with van der Waals surface area (Å²) in [6, 6.07) is 10.4. The quantitative estimate of drug-likeness (QED) is 0.641. The van der Waals surface area contributed by atoms with Gasteiger partial charge >= 0.3 is 0 Å². The number of nitrogens with zero attached hydrogens (tertiary/aromatic N) is 2. The number of pyridine rings is 1. The lowest BCUT2D eigenvalue weighted by molar-refractivity contribution is -0.112. The van der Waals surface area contributed by atoms with Crippen LogP contribution >= 0.6 is 11.6 Å². The highest BCUT2D eigenvalue weighted by molar-refractivity contribution is 6.30. The second-order valence-corrected chi connectivity index (χ2v) is 5.27. The van der Waals surface area contributed by atoms with E-state index in [4.69, 9.17) is 16.3 Å². The van der Waals surface area contributed by atoms with Crippen LogP contribution in [0.15, 0.2) is 48.3 Å². The maximum absolute atomic E-state index is 12.3. The minimum absolute atomic E-state index is 0.111. The number of aromatic nitrogens is 1. The number of amides is 1. The Kier molecular flexibility index (Phi) is 5.77. The molecule has 0 bridgehead atoms. The van der Waals surface area contributed by atoms with Crippen molar-refractivity contribution in [1.82, 2.24) is 4.98 Å². The third-order valence-corrected chi connectivity index (χ3v) is 3.29. The van der Waals surface area contributed by atoms with E-state index in [0.29, 0.717) is 22.3 Å². The number of benzene rings is 1. The molecule has 122 valence electrons. The lowest BCUT2D eigenvalue weighted by Gasteiger charge is -2.10. The fourth-order valence-corrected chi connectivity index (χ4v) is 2.05. The van der Waals surface area contributed by atoms with Crippen LogP contribution in [0.2, 0.25) is 5.02 Å². The Morgan fingerprint density at radius 2 is 2.17 bits per heavy atom. The number of aryl methyl sites for hydroxylation is 1. The van der Waals surface area contributed by atoms with Crippen LogP contribution in [0.4, 0.5) is 11.5 Å².